The Hall–Kier alpha value is -4.12. The average molecular weight is 815 g/mol. The number of carbonyl (C=O) groups is 2. The number of ether oxygens (including phenoxy) is 3. The normalized spacial score (nSPS) is 20.1. The van der Waals surface area contributed by atoms with Crippen molar-refractivity contribution in [2.24, 2.45) is 0 Å². The zero-order chi connectivity index (χ0) is 40.3. The first-order valence-corrected chi connectivity index (χ1v) is 20.2. The molecule has 302 valence electrons. The number of halogens is 3. The van der Waals surface area contributed by atoms with Gasteiger partial charge in [0.1, 0.15) is 34.5 Å². The van der Waals surface area contributed by atoms with Gasteiger partial charge in [-0.2, -0.15) is 9.97 Å². The summed E-state index contributed by atoms with van der Waals surface area (Å²) in [6, 6.07) is 3.96. The Morgan fingerprint density at radius 1 is 0.964 bits per heavy atom. The molecule has 0 radical (unpaired) electrons. The molecule has 2 amide bonds. The Labute approximate surface area is 334 Å². The Bertz CT molecular complexity index is 2140. The van der Waals surface area contributed by atoms with Crippen molar-refractivity contribution in [3.05, 3.63) is 34.9 Å². The number of hydrogen-bond donors (Lipinski definition) is 1. The lowest BCUT2D eigenvalue weighted by atomic mass is 10.0. The van der Waals surface area contributed by atoms with Gasteiger partial charge in [-0.05, 0) is 86.6 Å². The summed E-state index contributed by atoms with van der Waals surface area (Å²) in [6.07, 6.45) is 0.142. The van der Waals surface area contributed by atoms with Crippen LogP contribution in [0.2, 0.25) is 5.02 Å². The van der Waals surface area contributed by atoms with Gasteiger partial charge in [0, 0.05) is 62.3 Å². The van der Waals surface area contributed by atoms with Crippen LogP contribution >= 0.6 is 22.9 Å². The second-order valence-electron chi connectivity index (χ2n) is 16.9. The fourth-order valence-electron chi connectivity index (χ4n) is 7.62. The predicted octanol–water partition coefficient (Wildman–Crippen LogP) is 7.79. The Morgan fingerprint density at radius 2 is 1.62 bits per heavy atom. The van der Waals surface area contributed by atoms with Gasteiger partial charge in [0.15, 0.2) is 10.9 Å². The van der Waals surface area contributed by atoms with Crippen LogP contribution in [0.5, 0.6) is 6.01 Å². The SMILES string of the molecule is CC(CN1CCN(C)CC1)Oc1nc(N2CC3CCC(C2)N3C(=O)OC(C)(C)C)c2cc(Cl)c(-c3ccc(F)c4sc(NC(=O)OC(C)(C)C)nc34)c(F)c2n1. The number of nitrogens with one attached hydrogen (secondary N) is 1. The van der Waals surface area contributed by atoms with Gasteiger partial charge in [0.2, 0.25) is 0 Å². The van der Waals surface area contributed by atoms with Gasteiger partial charge in [0.05, 0.1) is 27.3 Å². The smallest absolute Gasteiger partial charge is 0.413 e. The van der Waals surface area contributed by atoms with Crippen molar-refractivity contribution in [1.29, 1.82) is 0 Å². The van der Waals surface area contributed by atoms with E-state index < -0.39 is 28.9 Å². The maximum atomic E-state index is 17.3. The molecule has 17 heteroatoms. The highest BCUT2D eigenvalue weighted by Crippen LogP contribution is 2.44. The second kappa shape index (κ2) is 15.3. The van der Waals surface area contributed by atoms with Crippen molar-refractivity contribution in [1.82, 2.24) is 29.7 Å². The zero-order valence-electron chi connectivity index (χ0n) is 33.0. The van der Waals surface area contributed by atoms with E-state index in [0.29, 0.717) is 30.8 Å². The molecule has 7 rings (SSSR count). The van der Waals surface area contributed by atoms with Crippen molar-refractivity contribution in [3.8, 4) is 17.1 Å². The molecule has 2 aromatic heterocycles. The summed E-state index contributed by atoms with van der Waals surface area (Å²) in [5, 5.41) is 3.04. The Kier molecular flexibility index (Phi) is 11.0. The molecule has 3 saturated heterocycles. The first kappa shape index (κ1) is 40.1. The number of anilines is 2. The Balaban J connectivity index is 1.28. The van der Waals surface area contributed by atoms with Crippen LogP contribution in [0.15, 0.2) is 18.2 Å². The summed E-state index contributed by atoms with van der Waals surface area (Å²) in [4.78, 5) is 48.3. The number of amides is 2. The highest BCUT2D eigenvalue weighted by Gasteiger charge is 2.45. The van der Waals surface area contributed by atoms with Crippen molar-refractivity contribution in [2.75, 3.05) is 63.1 Å². The first-order chi connectivity index (χ1) is 26.3. The molecule has 0 saturated carbocycles. The van der Waals surface area contributed by atoms with Gasteiger partial charge < -0.3 is 24.0 Å². The van der Waals surface area contributed by atoms with Crippen molar-refractivity contribution < 1.29 is 32.6 Å². The fourth-order valence-corrected chi connectivity index (χ4v) is 8.80. The molecule has 56 heavy (non-hydrogen) atoms. The van der Waals surface area contributed by atoms with Gasteiger partial charge in [-0.1, -0.05) is 22.9 Å². The summed E-state index contributed by atoms with van der Waals surface area (Å²) >= 11 is 7.86. The quantitative estimate of drug-likeness (QED) is 0.197. The number of fused-ring (bicyclic) bond motifs is 4. The number of aromatic nitrogens is 3. The van der Waals surface area contributed by atoms with Gasteiger partial charge >= 0.3 is 18.2 Å². The number of carbonyl (C=O) groups excluding carboxylic acids is 2. The van der Waals surface area contributed by atoms with Gasteiger partial charge in [-0.15, -0.1) is 0 Å². The van der Waals surface area contributed by atoms with Crippen molar-refractivity contribution in [2.45, 2.75) is 90.7 Å². The van der Waals surface area contributed by atoms with E-state index in [1.165, 1.54) is 12.1 Å². The monoisotopic (exact) mass is 814 g/mol. The number of nitrogens with zero attached hydrogens (tertiary/aromatic N) is 7. The molecule has 5 heterocycles. The van der Waals surface area contributed by atoms with Crippen LogP contribution in [0.25, 0.3) is 32.2 Å². The minimum absolute atomic E-state index is 0.00461. The van der Waals surface area contributed by atoms with Crippen LogP contribution in [-0.2, 0) is 9.47 Å². The fraction of sp³-hybridized carbons (Fsp3) is 0.564. The minimum atomic E-state index is -0.768. The molecule has 3 atom stereocenters. The number of benzene rings is 2. The molecule has 0 aliphatic carbocycles. The molecule has 3 aliphatic heterocycles. The third kappa shape index (κ3) is 8.58. The molecular formula is C39H49ClF2N8O5S. The van der Waals surface area contributed by atoms with Crippen LogP contribution in [-0.4, -0.2) is 124 Å². The van der Waals surface area contributed by atoms with Crippen LogP contribution in [0, 0.1) is 11.6 Å². The topological polar surface area (TPSA) is 125 Å². The average Bonchev–Trinajstić information content (AvgIpc) is 3.63. The number of hydrogen-bond acceptors (Lipinski definition) is 12. The standard InChI is InChI=1S/C39H49ClF2N8O5S/c1-21(18-48-15-13-47(8)14-16-48)53-34-43-30-25(33(45-34)49-19-22-9-10-23(20-49)50(22)37(52)55-39(5,6)7)17-26(40)28(29(30)42)24-11-12-27(41)32-31(24)44-35(56-32)46-36(51)54-38(2,3)4/h11-12,17,21-23H,9-10,13-16,18-20H2,1-8H3,(H,44,46,51). The van der Waals surface area contributed by atoms with E-state index in [1.54, 1.807) is 26.8 Å². The van der Waals surface area contributed by atoms with Crippen LogP contribution in [0.3, 0.4) is 0 Å². The van der Waals surface area contributed by atoms with Gasteiger partial charge in [0.25, 0.3) is 0 Å². The van der Waals surface area contributed by atoms with Crippen molar-refractivity contribution >= 4 is 67.2 Å². The van der Waals surface area contributed by atoms with Gasteiger partial charge in [-0.3, -0.25) is 15.1 Å². The molecule has 3 unspecified atom stereocenters. The number of likely N-dealkylation sites (N-methyl/N-ethyl adjacent to an activating group) is 1. The summed E-state index contributed by atoms with van der Waals surface area (Å²) in [7, 11) is 2.10. The van der Waals surface area contributed by atoms with Crippen LogP contribution in [0.4, 0.5) is 29.3 Å². The van der Waals surface area contributed by atoms with Crippen LogP contribution in [0.1, 0.15) is 61.3 Å². The lowest BCUT2D eigenvalue weighted by Gasteiger charge is -2.42. The van der Waals surface area contributed by atoms with Crippen LogP contribution < -0.4 is 15.0 Å². The number of thiazole rings is 1. The zero-order valence-corrected chi connectivity index (χ0v) is 34.6. The van der Waals surface area contributed by atoms with E-state index in [1.807, 2.05) is 37.5 Å². The largest absolute Gasteiger partial charge is 0.459 e. The highest BCUT2D eigenvalue weighted by molar-refractivity contribution is 7.22. The van der Waals surface area contributed by atoms with Gasteiger partial charge in [-0.25, -0.2) is 23.4 Å². The molecule has 2 bridgehead atoms. The predicted molar refractivity (Wildman–Crippen MR) is 214 cm³/mol. The van der Waals surface area contributed by atoms with Crippen molar-refractivity contribution in [3.63, 3.8) is 0 Å². The van der Waals surface area contributed by atoms with E-state index in [-0.39, 0.29) is 67.3 Å². The molecule has 2 aromatic carbocycles. The summed E-state index contributed by atoms with van der Waals surface area (Å²) < 4.78 is 50.1. The molecule has 3 aliphatic rings. The molecule has 3 fully saturated rings. The van der Waals surface area contributed by atoms with E-state index in [4.69, 9.17) is 30.8 Å². The maximum Gasteiger partial charge on any atom is 0.413 e. The third-order valence-corrected chi connectivity index (χ3v) is 11.3. The summed E-state index contributed by atoms with van der Waals surface area (Å²) in [5.41, 5.74) is -1.14. The van der Waals surface area contributed by atoms with E-state index in [2.05, 4.69) is 32.1 Å². The maximum absolute atomic E-state index is 17.3. The van der Waals surface area contributed by atoms with E-state index in [9.17, 15) is 9.59 Å². The minimum Gasteiger partial charge on any atom is -0.459 e. The molecular weight excluding hydrogens is 766 g/mol. The van der Waals surface area contributed by atoms with E-state index >= 15 is 8.78 Å². The summed E-state index contributed by atoms with van der Waals surface area (Å²) in [5.74, 6) is -0.914. The van der Waals surface area contributed by atoms with E-state index in [0.717, 1.165) is 50.4 Å². The third-order valence-electron chi connectivity index (χ3n) is 10.0. The molecule has 1 N–H and O–H groups in total. The number of piperazine rings is 2. The Morgan fingerprint density at radius 3 is 2.27 bits per heavy atom. The molecule has 0 spiro atoms. The second-order valence-corrected chi connectivity index (χ2v) is 18.3. The number of rotatable bonds is 7. The highest BCUT2D eigenvalue weighted by atomic mass is 35.5. The molecule has 4 aromatic rings. The lowest BCUT2D eigenvalue weighted by molar-refractivity contribution is 0.0122. The molecule has 13 nitrogen and oxygen atoms in total. The summed E-state index contributed by atoms with van der Waals surface area (Å²) in [6.45, 7) is 17.8. The first-order valence-electron chi connectivity index (χ1n) is 19.0. The lowest BCUT2D eigenvalue weighted by Crippen LogP contribution is -2.57.